The molecule has 0 amide bonds. The number of benzene rings is 1. The van der Waals surface area contributed by atoms with Gasteiger partial charge in [-0.1, -0.05) is 24.3 Å². The third-order valence-electron chi connectivity index (χ3n) is 5.98. The molecule has 0 bridgehead atoms. The smallest absolute Gasteiger partial charge is 0.306 e. The van der Waals surface area contributed by atoms with Crippen LogP contribution >= 0.6 is 0 Å². The summed E-state index contributed by atoms with van der Waals surface area (Å²) in [6, 6.07) is 8.13. The van der Waals surface area contributed by atoms with Crippen LogP contribution in [0.5, 0.6) is 0 Å². The van der Waals surface area contributed by atoms with Gasteiger partial charge in [0, 0.05) is 29.7 Å². The number of rotatable bonds is 2. The summed E-state index contributed by atoms with van der Waals surface area (Å²) in [6.07, 6.45) is 3.86. The molecule has 3 heterocycles. The van der Waals surface area contributed by atoms with Crippen LogP contribution in [0, 0.1) is 11.1 Å². The number of allylic oxidation sites excluding steroid dienone is 1. The maximum absolute atomic E-state index is 13.6. The number of H-pyrrole nitrogens is 1. The molecule has 5 heteroatoms. The number of carbonyl (C=O) groups is 1. The van der Waals surface area contributed by atoms with Gasteiger partial charge in [0.25, 0.3) is 0 Å². The molecule has 1 unspecified atom stereocenters. The van der Waals surface area contributed by atoms with Gasteiger partial charge in [0.15, 0.2) is 0 Å². The Balaban J connectivity index is 1.75. The minimum atomic E-state index is -0.211. The number of hydroxylamine groups is 3. The number of fused-ring (bicyclic) bond motifs is 5. The molecule has 0 radical (unpaired) electrons. The molecular weight excluding hydrogens is 316 g/mol. The van der Waals surface area contributed by atoms with Gasteiger partial charge in [-0.3, -0.25) is 4.79 Å². The zero-order chi connectivity index (χ0) is 17.6. The molecule has 2 aliphatic rings. The zero-order valence-electron chi connectivity index (χ0n) is 14.7. The van der Waals surface area contributed by atoms with Crippen molar-refractivity contribution < 1.29 is 14.2 Å². The Morgan fingerprint density at radius 2 is 2.24 bits per heavy atom. The molecule has 3 atom stereocenters. The first kappa shape index (κ1) is 16.4. The fourth-order valence-corrected chi connectivity index (χ4v) is 4.65. The predicted molar refractivity (Wildman–Crippen MR) is 96.6 cm³/mol. The van der Waals surface area contributed by atoms with Crippen LogP contribution in [0.2, 0.25) is 0 Å². The van der Waals surface area contributed by atoms with E-state index in [9.17, 15) is 10.0 Å². The number of quaternary nitrogens is 1. The maximum Gasteiger partial charge on any atom is 0.306 e. The Hall–Kier alpha value is -2.11. The summed E-state index contributed by atoms with van der Waals surface area (Å²) in [5.41, 5.74) is 4.55. The number of esters is 1. The number of para-hydroxylation sites is 1. The minimum Gasteiger partial charge on any atom is -0.632 e. The molecule has 0 spiro atoms. The minimum absolute atomic E-state index is 0.0833. The van der Waals surface area contributed by atoms with E-state index in [2.05, 4.69) is 17.1 Å². The quantitative estimate of drug-likeness (QED) is 0.393. The summed E-state index contributed by atoms with van der Waals surface area (Å²) in [6.45, 7) is 3.03. The number of nitrogens with one attached hydrogen (secondary N) is 1. The zero-order valence-corrected chi connectivity index (χ0v) is 14.7. The van der Waals surface area contributed by atoms with Crippen molar-refractivity contribution in [3.05, 3.63) is 52.4 Å². The molecule has 5 nitrogen and oxygen atoms in total. The lowest BCUT2D eigenvalue weighted by molar-refractivity contribution is -0.914. The fourth-order valence-electron chi connectivity index (χ4n) is 4.65. The third kappa shape index (κ3) is 2.58. The van der Waals surface area contributed by atoms with E-state index in [1.807, 2.05) is 25.1 Å². The number of aromatic nitrogens is 1. The average Bonchev–Trinajstić information content (AvgIpc) is 3.00. The van der Waals surface area contributed by atoms with E-state index in [4.69, 9.17) is 4.74 Å². The summed E-state index contributed by atoms with van der Waals surface area (Å²) < 4.78 is 4.66. The van der Waals surface area contributed by atoms with E-state index >= 15 is 0 Å². The largest absolute Gasteiger partial charge is 0.632 e. The number of hydrogen-bond acceptors (Lipinski definition) is 3. The van der Waals surface area contributed by atoms with Crippen molar-refractivity contribution in [3.63, 3.8) is 0 Å². The second-order valence-corrected chi connectivity index (χ2v) is 7.24. The van der Waals surface area contributed by atoms with E-state index < -0.39 is 0 Å². The SMILES string of the molecule is C/C=C1/C[N+]2([O-])CCc3c([nH]c4ccccc34)[C@@H]2C[C@@H]1CC(=O)OC. The Morgan fingerprint density at radius 1 is 1.44 bits per heavy atom. The van der Waals surface area contributed by atoms with E-state index in [-0.39, 0.29) is 22.6 Å². The Morgan fingerprint density at radius 3 is 3.00 bits per heavy atom. The monoisotopic (exact) mass is 340 g/mol. The Labute approximate surface area is 147 Å². The summed E-state index contributed by atoms with van der Waals surface area (Å²) >= 11 is 0. The summed E-state index contributed by atoms with van der Waals surface area (Å²) in [5.74, 6) is -0.122. The number of ether oxygens (including phenoxy) is 1. The molecule has 1 fully saturated rings. The number of piperidine rings is 1. The molecule has 1 aromatic carbocycles. The highest BCUT2D eigenvalue weighted by atomic mass is 16.5. The van der Waals surface area contributed by atoms with Crippen LogP contribution in [-0.2, 0) is 16.0 Å². The molecule has 0 aliphatic carbocycles. The highest BCUT2D eigenvalue weighted by molar-refractivity contribution is 5.85. The number of aromatic amines is 1. The van der Waals surface area contributed by atoms with Gasteiger partial charge in [-0.2, -0.15) is 0 Å². The first-order chi connectivity index (χ1) is 12.1. The lowest BCUT2D eigenvalue weighted by Gasteiger charge is -2.55. The lowest BCUT2D eigenvalue weighted by atomic mass is 9.79. The first-order valence-corrected chi connectivity index (χ1v) is 8.95. The van der Waals surface area contributed by atoms with Crippen LogP contribution in [0.25, 0.3) is 10.9 Å². The molecule has 0 saturated carbocycles. The number of nitrogens with zero attached hydrogens (tertiary/aromatic N) is 1. The van der Waals surface area contributed by atoms with Crippen molar-refractivity contribution in [2.75, 3.05) is 20.2 Å². The summed E-state index contributed by atoms with van der Waals surface area (Å²) in [4.78, 5) is 15.3. The van der Waals surface area contributed by atoms with Crippen LogP contribution < -0.4 is 0 Å². The van der Waals surface area contributed by atoms with Gasteiger partial charge in [0.05, 0.1) is 25.8 Å². The number of carbonyl (C=O) groups excluding carboxylic acids is 1. The van der Waals surface area contributed by atoms with Gasteiger partial charge in [0.2, 0.25) is 0 Å². The standard InChI is InChI=1S/C20H24N2O3/c1-3-13-12-22(24)9-8-16-15-6-4-5-7-17(15)21-20(16)18(22)10-14(13)11-19(23)25-2/h3-7,14,18,21H,8-12H2,1-2H3/b13-3-/t14-,18+,22?/m1/s1. The van der Waals surface area contributed by atoms with Crippen molar-refractivity contribution in [1.29, 1.82) is 0 Å². The molecule has 1 saturated heterocycles. The van der Waals surface area contributed by atoms with Gasteiger partial charge >= 0.3 is 5.97 Å². The highest BCUT2D eigenvalue weighted by Crippen LogP contribution is 2.47. The number of methoxy groups -OCH3 is 1. The predicted octanol–water partition coefficient (Wildman–Crippen LogP) is 3.61. The van der Waals surface area contributed by atoms with Gasteiger partial charge < -0.3 is 19.6 Å². The normalized spacial score (nSPS) is 30.1. The molecular formula is C20H24N2O3. The Bertz CT molecular complexity index is 854. The molecule has 25 heavy (non-hydrogen) atoms. The van der Waals surface area contributed by atoms with E-state index in [0.29, 0.717) is 25.9 Å². The van der Waals surface area contributed by atoms with Gasteiger partial charge in [-0.05, 0) is 24.1 Å². The van der Waals surface area contributed by atoms with Crippen molar-refractivity contribution in [3.8, 4) is 0 Å². The second-order valence-electron chi connectivity index (χ2n) is 7.24. The first-order valence-electron chi connectivity index (χ1n) is 8.95. The maximum atomic E-state index is 13.6. The molecule has 2 aromatic rings. The van der Waals surface area contributed by atoms with Crippen LogP contribution in [0.3, 0.4) is 0 Å². The topological polar surface area (TPSA) is 65.1 Å². The van der Waals surface area contributed by atoms with Crippen molar-refractivity contribution in [2.24, 2.45) is 5.92 Å². The van der Waals surface area contributed by atoms with Crippen molar-refractivity contribution in [2.45, 2.75) is 32.2 Å². The molecule has 4 rings (SSSR count). The summed E-state index contributed by atoms with van der Waals surface area (Å²) in [7, 11) is 1.42. The van der Waals surface area contributed by atoms with Crippen LogP contribution in [-0.4, -0.2) is 35.8 Å². The van der Waals surface area contributed by atoms with Gasteiger partial charge in [0.1, 0.15) is 12.6 Å². The molecule has 2 aliphatic heterocycles. The fraction of sp³-hybridized carbons (Fsp3) is 0.450. The van der Waals surface area contributed by atoms with Crippen LogP contribution in [0.4, 0.5) is 0 Å². The van der Waals surface area contributed by atoms with Gasteiger partial charge in [-0.25, -0.2) is 0 Å². The van der Waals surface area contributed by atoms with E-state index in [0.717, 1.165) is 23.2 Å². The van der Waals surface area contributed by atoms with Crippen molar-refractivity contribution in [1.82, 2.24) is 4.98 Å². The second kappa shape index (κ2) is 6.00. The lowest BCUT2D eigenvalue weighted by Crippen LogP contribution is -2.54. The molecule has 132 valence electrons. The van der Waals surface area contributed by atoms with Crippen LogP contribution in [0.1, 0.15) is 37.1 Å². The Kier molecular flexibility index (Phi) is 3.93. The van der Waals surface area contributed by atoms with Crippen molar-refractivity contribution >= 4 is 16.9 Å². The average molecular weight is 340 g/mol. The summed E-state index contributed by atoms with van der Waals surface area (Å²) in [5, 5.41) is 14.8. The molecule has 1 aromatic heterocycles. The third-order valence-corrected chi connectivity index (χ3v) is 5.98. The van der Waals surface area contributed by atoms with Crippen LogP contribution in [0.15, 0.2) is 35.9 Å². The van der Waals surface area contributed by atoms with E-state index in [1.54, 1.807) is 0 Å². The molecule has 1 N–H and O–H groups in total. The number of hydrogen-bond donors (Lipinski definition) is 1. The van der Waals surface area contributed by atoms with Gasteiger partial charge in [-0.15, -0.1) is 0 Å². The van der Waals surface area contributed by atoms with E-state index in [1.165, 1.54) is 18.1 Å². The highest BCUT2D eigenvalue weighted by Gasteiger charge is 2.45.